The monoisotopic (exact) mass is 189 g/mol. The van der Waals surface area contributed by atoms with Crippen LogP contribution in [0.2, 0.25) is 0 Å². The van der Waals surface area contributed by atoms with Gasteiger partial charge in [-0.15, -0.1) is 0 Å². The molecule has 1 rings (SSSR count). The standard InChI is InChI=1S/C7H11NO3S/c1-2-7(3-9)4-12-5(8-7)6(10)11/h9H,2-4H2,1H3,(H,10,11). The molecular weight excluding hydrogens is 178 g/mol. The zero-order chi connectivity index (χ0) is 9.19. The third-order valence-electron chi connectivity index (χ3n) is 1.95. The number of carbonyl (C=O) groups is 1. The third kappa shape index (κ3) is 1.61. The third-order valence-corrected chi connectivity index (χ3v) is 3.17. The van der Waals surface area contributed by atoms with E-state index in [2.05, 4.69) is 4.99 Å². The Morgan fingerprint density at radius 3 is 2.75 bits per heavy atom. The molecular formula is C7H11NO3S. The molecule has 1 atom stereocenters. The van der Waals surface area contributed by atoms with Crippen molar-refractivity contribution in [2.24, 2.45) is 4.99 Å². The smallest absolute Gasteiger partial charge is 0.360 e. The van der Waals surface area contributed by atoms with E-state index in [1.54, 1.807) is 0 Å². The summed E-state index contributed by atoms with van der Waals surface area (Å²) >= 11 is 1.20. The number of carboxylic acids is 1. The quantitative estimate of drug-likeness (QED) is 0.672. The summed E-state index contributed by atoms with van der Waals surface area (Å²) in [5, 5.41) is 17.7. The maximum absolute atomic E-state index is 10.5. The van der Waals surface area contributed by atoms with Crippen molar-refractivity contribution in [1.82, 2.24) is 0 Å². The van der Waals surface area contributed by atoms with Crippen molar-refractivity contribution >= 4 is 22.8 Å². The van der Waals surface area contributed by atoms with E-state index in [4.69, 9.17) is 10.2 Å². The molecule has 2 N–H and O–H groups in total. The van der Waals surface area contributed by atoms with E-state index in [-0.39, 0.29) is 11.7 Å². The minimum atomic E-state index is -0.997. The molecule has 12 heavy (non-hydrogen) atoms. The Labute approximate surface area is 74.7 Å². The van der Waals surface area contributed by atoms with Gasteiger partial charge in [0, 0.05) is 5.75 Å². The summed E-state index contributed by atoms with van der Waals surface area (Å²) in [6.07, 6.45) is 0.674. The molecule has 68 valence electrons. The summed E-state index contributed by atoms with van der Waals surface area (Å²) in [6.45, 7) is 1.82. The molecule has 0 aromatic rings. The first-order valence-electron chi connectivity index (χ1n) is 3.70. The van der Waals surface area contributed by atoms with E-state index >= 15 is 0 Å². The predicted octanol–water partition coefficient (Wildman–Crippen LogP) is 0.357. The van der Waals surface area contributed by atoms with Gasteiger partial charge in [-0.05, 0) is 6.42 Å². The number of aliphatic hydroxyl groups is 1. The number of hydrogen-bond donors (Lipinski definition) is 2. The Hall–Kier alpha value is -0.550. The van der Waals surface area contributed by atoms with Crippen LogP contribution in [0.3, 0.4) is 0 Å². The number of thioether (sulfide) groups is 1. The van der Waals surface area contributed by atoms with Crippen LogP contribution in [0, 0.1) is 0 Å². The zero-order valence-corrected chi connectivity index (χ0v) is 7.60. The minimum Gasteiger partial charge on any atom is -0.476 e. The Kier molecular flexibility index (Phi) is 2.74. The van der Waals surface area contributed by atoms with Gasteiger partial charge in [0.2, 0.25) is 0 Å². The summed E-state index contributed by atoms with van der Waals surface area (Å²) < 4.78 is 0. The van der Waals surface area contributed by atoms with Crippen LogP contribution >= 0.6 is 11.8 Å². The fraction of sp³-hybridized carbons (Fsp3) is 0.714. The van der Waals surface area contributed by atoms with Gasteiger partial charge in [0.25, 0.3) is 0 Å². The molecule has 0 bridgehead atoms. The topological polar surface area (TPSA) is 69.9 Å². The van der Waals surface area contributed by atoms with E-state index in [1.165, 1.54) is 11.8 Å². The van der Waals surface area contributed by atoms with Gasteiger partial charge >= 0.3 is 5.97 Å². The highest BCUT2D eigenvalue weighted by Gasteiger charge is 2.35. The van der Waals surface area contributed by atoms with E-state index in [1.807, 2.05) is 6.92 Å². The van der Waals surface area contributed by atoms with Gasteiger partial charge in [-0.3, -0.25) is 4.99 Å². The summed E-state index contributed by atoms with van der Waals surface area (Å²) in [4.78, 5) is 14.5. The van der Waals surface area contributed by atoms with Crippen molar-refractivity contribution in [2.75, 3.05) is 12.4 Å². The lowest BCUT2D eigenvalue weighted by atomic mass is 10.0. The molecule has 0 aliphatic carbocycles. The van der Waals surface area contributed by atoms with Gasteiger partial charge in [0.1, 0.15) is 0 Å². The number of rotatable bonds is 3. The minimum absolute atomic E-state index is 0.0761. The number of aliphatic imine (C=N–C) groups is 1. The molecule has 0 saturated carbocycles. The molecule has 4 nitrogen and oxygen atoms in total. The summed E-state index contributed by atoms with van der Waals surface area (Å²) in [5.41, 5.74) is -0.543. The highest BCUT2D eigenvalue weighted by atomic mass is 32.2. The van der Waals surface area contributed by atoms with Gasteiger partial charge < -0.3 is 10.2 Å². The molecule has 0 amide bonds. The second kappa shape index (κ2) is 3.45. The molecule has 0 spiro atoms. The highest BCUT2D eigenvalue weighted by molar-refractivity contribution is 8.16. The second-order valence-electron chi connectivity index (χ2n) is 2.75. The molecule has 0 fully saturated rings. The van der Waals surface area contributed by atoms with E-state index < -0.39 is 11.5 Å². The van der Waals surface area contributed by atoms with Crippen LogP contribution in [0.15, 0.2) is 4.99 Å². The average molecular weight is 189 g/mol. The lowest BCUT2D eigenvalue weighted by Gasteiger charge is -2.19. The molecule has 1 aliphatic heterocycles. The number of aliphatic carboxylic acids is 1. The molecule has 1 heterocycles. The van der Waals surface area contributed by atoms with Crippen molar-refractivity contribution in [3.8, 4) is 0 Å². The maximum atomic E-state index is 10.5. The second-order valence-corrected chi connectivity index (χ2v) is 3.71. The van der Waals surface area contributed by atoms with Crippen molar-refractivity contribution in [2.45, 2.75) is 18.9 Å². The highest BCUT2D eigenvalue weighted by Crippen LogP contribution is 2.30. The normalized spacial score (nSPS) is 28.7. The van der Waals surface area contributed by atoms with Crippen LogP contribution in [-0.2, 0) is 4.79 Å². The SMILES string of the molecule is CCC1(CO)CSC(C(=O)O)=N1. The van der Waals surface area contributed by atoms with Crippen LogP contribution in [0.4, 0.5) is 0 Å². The first kappa shape index (κ1) is 9.54. The summed E-state index contributed by atoms with van der Waals surface area (Å²) in [6, 6.07) is 0. The molecule has 1 aliphatic rings. The van der Waals surface area contributed by atoms with Crippen LogP contribution in [0.1, 0.15) is 13.3 Å². The molecule has 1 unspecified atom stereocenters. The van der Waals surface area contributed by atoms with Crippen LogP contribution in [0.5, 0.6) is 0 Å². The molecule has 0 aromatic carbocycles. The van der Waals surface area contributed by atoms with E-state index in [0.29, 0.717) is 12.2 Å². The van der Waals surface area contributed by atoms with Crippen LogP contribution in [-0.4, -0.2) is 39.1 Å². The van der Waals surface area contributed by atoms with Crippen LogP contribution < -0.4 is 0 Å². The van der Waals surface area contributed by atoms with Gasteiger partial charge in [-0.2, -0.15) is 0 Å². The maximum Gasteiger partial charge on any atom is 0.360 e. The number of carboxylic acid groups (broad SMARTS) is 1. The Balaban J connectivity index is 2.80. The fourth-order valence-corrected chi connectivity index (χ4v) is 2.11. The molecule has 5 heteroatoms. The van der Waals surface area contributed by atoms with Gasteiger partial charge in [0.05, 0.1) is 12.1 Å². The molecule has 0 saturated heterocycles. The lowest BCUT2D eigenvalue weighted by molar-refractivity contribution is -0.129. The Morgan fingerprint density at radius 1 is 1.83 bits per heavy atom. The lowest BCUT2D eigenvalue weighted by Crippen LogP contribution is -2.30. The van der Waals surface area contributed by atoms with Crippen molar-refractivity contribution in [1.29, 1.82) is 0 Å². The molecule has 0 radical (unpaired) electrons. The number of hydrogen-bond acceptors (Lipinski definition) is 4. The Bertz CT molecular complexity index is 223. The van der Waals surface area contributed by atoms with Gasteiger partial charge in [-0.1, -0.05) is 18.7 Å². The summed E-state index contributed by atoms with van der Waals surface area (Å²) in [5.74, 6) is -0.425. The van der Waals surface area contributed by atoms with Crippen molar-refractivity contribution in [3.63, 3.8) is 0 Å². The van der Waals surface area contributed by atoms with Gasteiger partial charge in [0.15, 0.2) is 5.04 Å². The fourth-order valence-electron chi connectivity index (χ4n) is 0.966. The molecule has 0 aromatic heterocycles. The average Bonchev–Trinajstić information content (AvgIpc) is 2.49. The first-order chi connectivity index (χ1) is 5.63. The van der Waals surface area contributed by atoms with E-state index in [0.717, 1.165) is 0 Å². The predicted molar refractivity (Wildman–Crippen MR) is 47.6 cm³/mol. The van der Waals surface area contributed by atoms with Crippen molar-refractivity contribution < 1.29 is 15.0 Å². The Morgan fingerprint density at radius 2 is 2.50 bits per heavy atom. The number of nitrogens with zero attached hydrogens (tertiary/aromatic N) is 1. The summed E-state index contributed by atoms with van der Waals surface area (Å²) in [7, 11) is 0. The van der Waals surface area contributed by atoms with Crippen LogP contribution in [0.25, 0.3) is 0 Å². The largest absolute Gasteiger partial charge is 0.476 e. The van der Waals surface area contributed by atoms with E-state index in [9.17, 15) is 4.79 Å². The van der Waals surface area contributed by atoms with Crippen molar-refractivity contribution in [3.05, 3.63) is 0 Å². The number of aliphatic hydroxyl groups excluding tert-OH is 1. The first-order valence-corrected chi connectivity index (χ1v) is 4.69. The van der Waals surface area contributed by atoms with Gasteiger partial charge in [-0.25, -0.2) is 4.79 Å². The zero-order valence-electron chi connectivity index (χ0n) is 6.78.